The predicted molar refractivity (Wildman–Crippen MR) is 184 cm³/mol. The zero-order valence-corrected chi connectivity index (χ0v) is 26.7. The highest BCUT2D eigenvalue weighted by atomic mass is 32.2. The third kappa shape index (κ3) is 5.47. The fraction of sp³-hybridized carbons (Fsp3) is 0.118. The van der Waals surface area contributed by atoms with Crippen molar-refractivity contribution in [3.63, 3.8) is 0 Å². The summed E-state index contributed by atoms with van der Waals surface area (Å²) in [5.41, 5.74) is 5.36. The number of aliphatic imine (C=N–C) groups is 1. The number of hydrogen-bond donors (Lipinski definition) is 2. The number of nitrogens with zero attached hydrogens (tertiary/aromatic N) is 3. The number of anilines is 3. The van der Waals surface area contributed by atoms with Gasteiger partial charge >= 0.3 is 5.97 Å². The smallest absolute Gasteiger partial charge is 0.313 e. The number of thiazole rings is 1. The molecule has 8 nitrogen and oxygen atoms in total. The molecule has 0 saturated heterocycles. The van der Waals surface area contributed by atoms with Gasteiger partial charge in [-0.1, -0.05) is 65.5 Å². The highest BCUT2D eigenvalue weighted by molar-refractivity contribution is 8.14. The van der Waals surface area contributed by atoms with Crippen molar-refractivity contribution in [3.05, 3.63) is 110 Å². The van der Waals surface area contributed by atoms with Crippen LogP contribution < -0.4 is 25.0 Å². The Kier molecular flexibility index (Phi) is 7.60. The molecule has 2 aliphatic heterocycles. The number of aliphatic carboxylic acids is 1. The van der Waals surface area contributed by atoms with Gasteiger partial charge in [-0.25, -0.2) is 4.99 Å². The topological polar surface area (TPSA) is 104 Å². The number of thioether (sulfide) groups is 1. The Labute approximate surface area is 270 Å². The van der Waals surface area contributed by atoms with Crippen molar-refractivity contribution >= 4 is 91.5 Å². The molecule has 0 spiro atoms. The largest absolute Gasteiger partial charge is 0.481 e. The van der Waals surface area contributed by atoms with Crippen LogP contribution in [0.25, 0.3) is 22.5 Å². The molecule has 2 N–H and O–H groups in total. The van der Waals surface area contributed by atoms with Crippen molar-refractivity contribution in [3.8, 4) is 0 Å². The number of aryl methyl sites for hydroxylation is 1. The van der Waals surface area contributed by atoms with Crippen LogP contribution in [0.5, 0.6) is 0 Å². The molecule has 45 heavy (non-hydrogen) atoms. The Bertz CT molecular complexity index is 2250. The zero-order chi connectivity index (χ0) is 31.2. The third-order valence-corrected chi connectivity index (χ3v) is 10.6. The van der Waals surface area contributed by atoms with Crippen LogP contribution in [0.2, 0.25) is 0 Å². The average Bonchev–Trinajstić information content (AvgIpc) is 3.56. The lowest BCUT2D eigenvalue weighted by atomic mass is 10.0. The van der Waals surface area contributed by atoms with Crippen molar-refractivity contribution in [1.82, 2.24) is 9.88 Å². The van der Waals surface area contributed by atoms with Crippen molar-refractivity contribution in [2.24, 2.45) is 4.99 Å². The van der Waals surface area contributed by atoms with Crippen LogP contribution in [-0.2, 0) is 16.1 Å². The van der Waals surface area contributed by atoms with Gasteiger partial charge in [0.15, 0.2) is 10.9 Å². The molecule has 0 fully saturated rings. The number of rotatable bonds is 5. The van der Waals surface area contributed by atoms with Crippen molar-refractivity contribution in [2.45, 2.75) is 30.2 Å². The van der Waals surface area contributed by atoms with Crippen LogP contribution in [0.15, 0.2) is 98.4 Å². The second-order valence-electron chi connectivity index (χ2n) is 10.5. The van der Waals surface area contributed by atoms with Crippen LogP contribution in [0.1, 0.15) is 18.1 Å². The first-order chi connectivity index (χ1) is 21.8. The normalized spacial score (nSPS) is 15.6. The summed E-state index contributed by atoms with van der Waals surface area (Å²) in [6.45, 7) is 4.29. The minimum Gasteiger partial charge on any atom is -0.481 e. The van der Waals surface area contributed by atoms with Crippen molar-refractivity contribution < 1.29 is 14.7 Å². The van der Waals surface area contributed by atoms with Gasteiger partial charge in [-0.2, -0.15) is 0 Å². The molecule has 0 unspecified atom stereocenters. The first kappa shape index (κ1) is 29.1. The Morgan fingerprint density at radius 3 is 2.56 bits per heavy atom. The molecule has 0 radical (unpaired) electrons. The number of benzene rings is 4. The van der Waals surface area contributed by atoms with E-state index in [9.17, 15) is 14.4 Å². The Hall–Kier alpha value is -4.58. The number of carbonyl (C=O) groups is 2. The molecule has 0 aliphatic carbocycles. The quantitative estimate of drug-likeness (QED) is 0.252. The number of carboxylic acid groups (broad SMARTS) is 1. The van der Waals surface area contributed by atoms with Crippen LogP contribution >= 0.6 is 34.9 Å². The lowest BCUT2D eigenvalue weighted by Crippen LogP contribution is -2.32. The van der Waals surface area contributed by atoms with Gasteiger partial charge in [-0.05, 0) is 78.7 Å². The van der Waals surface area contributed by atoms with E-state index in [2.05, 4.69) is 94.9 Å². The lowest BCUT2D eigenvalue weighted by Gasteiger charge is -2.33. The van der Waals surface area contributed by atoms with Gasteiger partial charge in [-0.15, -0.1) is 11.3 Å². The predicted octanol–water partition coefficient (Wildman–Crippen LogP) is 5.57. The molecule has 1 amide bonds. The number of amidine groups is 1. The van der Waals surface area contributed by atoms with E-state index in [4.69, 9.17) is 5.11 Å². The van der Waals surface area contributed by atoms with E-state index in [1.54, 1.807) is 11.8 Å². The number of para-hydroxylation sites is 1. The van der Waals surface area contributed by atoms with Gasteiger partial charge in [0, 0.05) is 22.0 Å². The van der Waals surface area contributed by atoms with Crippen LogP contribution in [-0.4, -0.2) is 32.5 Å². The van der Waals surface area contributed by atoms with Crippen LogP contribution in [0.3, 0.4) is 0 Å². The van der Waals surface area contributed by atoms with Crippen LogP contribution in [0, 0.1) is 6.92 Å². The molecule has 4 aromatic carbocycles. The number of fused-ring (bicyclic) bond motifs is 3. The summed E-state index contributed by atoms with van der Waals surface area (Å²) in [4.78, 5) is 46.0. The summed E-state index contributed by atoms with van der Waals surface area (Å²) < 4.78 is 2.46. The summed E-state index contributed by atoms with van der Waals surface area (Å²) in [5.74, 6) is -1.68. The Morgan fingerprint density at radius 1 is 0.978 bits per heavy atom. The Morgan fingerprint density at radius 2 is 1.78 bits per heavy atom. The number of aromatic nitrogens is 1. The molecule has 7 rings (SSSR count). The van der Waals surface area contributed by atoms with E-state index in [1.165, 1.54) is 26.4 Å². The summed E-state index contributed by atoms with van der Waals surface area (Å²) in [6.07, 6.45) is 1.85. The fourth-order valence-electron chi connectivity index (χ4n) is 5.39. The molecule has 0 saturated carbocycles. The number of nitrogens with one attached hydrogen (secondary N) is 1. The standard InChI is InChI=1S/C34H26N4O4S3/c1-3-37-32(42)28(45-33(37)30-31(41)36-34(35-30)43-18-29(39)40)15-20-10-11-21-16-25-27(17-22(21)14-20)44-26-7-5-4-6-24(26)38(25)23-12-8-19(2)9-13-23/h4-17H,3,18H2,1-2H3,(H,39,40)(H,35,36,41)/b28-15+,33-30+. The molecule has 2 aliphatic rings. The molecule has 224 valence electrons. The first-order valence-electron chi connectivity index (χ1n) is 14.2. The van der Waals surface area contributed by atoms with E-state index in [0.717, 1.165) is 50.1 Å². The van der Waals surface area contributed by atoms with Crippen molar-refractivity contribution in [2.75, 3.05) is 10.7 Å². The first-order valence-corrected chi connectivity index (χ1v) is 16.8. The van der Waals surface area contributed by atoms with E-state index >= 15 is 0 Å². The summed E-state index contributed by atoms with van der Waals surface area (Å²) in [5, 5.41) is 13.9. The lowest BCUT2D eigenvalue weighted by molar-refractivity contribution is -0.133. The minimum absolute atomic E-state index is 0.118. The van der Waals surface area contributed by atoms with Crippen molar-refractivity contribution in [1.29, 1.82) is 0 Å². The average molecular weight is 651 g/mol. The van der Waals surface area contributed by atoms with Gasteiger partial charge in [-0.3, -0.25) is 24.3 Å². The van der Waals surface area contributed by atoms with Crippen LogP contribution in [0.4, 0.5) is 17.1 Å². The summed E-state index contributed by atoms with van der Waals surface area (Å²) in [7, 11) is 0. The summed E-state index contributed by atoms with van der Waals surface area (Å²) in [6, 6.07) is 27.6. The molecule has 5 aromatic rings. The molecule has 11 heteroatoms. The van der Waals surface area contributed by atoms with E-state index in [-0.39, 0.29) is 22.2 Å². The zero-order valence-electron chi connectivity index (χ0n) is 24.2. The summed E-state index contributed by atoms with van der Waals surface area (Å²) >= 11 is 3.88. The van der Waals surface area contributed by atoms with Gasteiger partial charge in [0.1, 0.15) is 4.66 Å². The molecule has 3 heterocycles. The number of carbonyl (C=O) groups excluding carboxylic acids is 1. The van der Waals surface area contributed by atoms with E-state index in [1.807, 2.05) is 19.1 Å². The second-order valence-corrected chi connectivity index (χ2v) is 13.6. The monoisotopic (exact) mass is 650 g/mol. The van der Waals surface area contributed by atoms with Gasteiger partial charge in [0.25, 0.3) is 11.5 Å². The molecule has 1 aromatic heterocycles. The second kappa shape index (κ2) is 11.7. The van der Waals surface area contributed by atoms with Gasteiger partial charge in [0.05, 0.1) is 21.7 Å². The Balaban J connectivity index is 1.31. The number of carboxylic acids is 1. The fourth-order valence-corrected chi connectivity index (χ4v) is 8.22. The highest BCUT2D eigenvalue weighted by Gasteiger charge is 2.26. The maximum Gasteiger partial charge on any atom is 0.313 e. The van der Waals surface area contributed by atoms with Gasteiger partial charge < -0.3 is 10.0 Å². The molecule has 0 bridgehead atoms. The molecular weight excluding hydrogens is 625 g/mol. The SMILES string of the molecule is CCn1c(=O)/c(=C\c2ccc3cc4c(cc3c2)Sc2ccccc2N4c2ccc(C)cc2)s/c1=C1/N=C(SCC(=O)O)NC1=O. The van der Waals surface area contributed by atoms with E-state index in [0.29, 0.717) is 15.7 Å². The number of hydrogen-bond acceptors (Lipinski definition) is 8. The van der Waals surface area contributed by atoms with Gasteiger partial charge in [0.2, 0.25) is 0 Å². The number of amides is 1. The third-order valence-electron chi connectivity index (χ3n) is 7.51. The maximum atomic E-state index is 13.4. The minimum atomic E-state index is -1.01. The van der Waals surface area contributed by atoms with E-state index < -0.39 is 11.9 Å². The molecular formula is C34H26N4O4S3. The highest BCUT2D eigenvalue weighted by Crippen LogP contribution is 2.52. The molecule has 0 atom stereocenters. The maximum absolute atomic E-state index is 13.4.